The lowest BCUT2D eigenvalue weighted by Crippen LogP contribution is -2.52. The molecule has 2 aromatic rings. The number of likely N-dealkylation sites (N-methyl/N-ethyl adjacent to an activating group) is 1. The van der Waals surface area contributed by atoms with Gasteiger partial charge in [-0.05, 0) is 37.7 Å². The molecule has 8 heteroatoms. The Balaban J connectivity index is 1.91. The first-order chi connectivity index (χ1) is 14.3. The van der Waals surface area contributed by atoms with E-state index in [2.05, 4.69) is 11.8 Å². The number of carbonyl (C=O) groups is 2. The molecule has 2 amide bonds. The number of piperazine rings is 1. The minimum atomic E-state index is -0.596. The van der Waals surface area contributed by atoms with Crippen molar-refractivity contribution in [2.45, 2.75) is 20.4 Å². The van der Waals surface area contributed by atoms with Crippen LogP contribution >= 0.6 is 11.6 Å². The van der Waals surface area contributed by atoms with Crippen molar-refractivity contribution in [3.8, 4) is 0 Å². The van der Waals surface area contributed by atoms with Crippen LogP contribution in [0.3, 0.4) is 0 Å². The van der Waals surface area contributed by atoms with Crippen molar-refractivity contribution in [3.63, 3.8) is 0 Å². The fourth-order valence-electron chi connectivity index (χ4n) is 3.41. The summed E-state index contributed by atoms with van der Waals surface area (Å²) >= 11 is 5.93. The number of hydrogen-bond acceptors (Lipinski definition) is 3. The van der Waals surface area contributed by atoms with Crippen molar-refractivity contribution in [2.24, 2.45) is 0 Å². The number of ketones is 1. The van der Waals surface area contributed by atoms with Crippen LogP contribution in [0.4, 0.5) is 19.3 Å². The average Bonchev–Trinajstić information content (AvgIpc) is 2.74. The highest BCUT2D eigenvalue weighted by molar-refractivity contribution is 6.31. The van der Waals surface area contributed by atoms with Gasteiger partial charge in [0.25, 0.3) is 0 Å². The van der Waals surface area contributed by atoms with Crippen LogP contribution < -0.4 is 4.90 Å². The molecule has 0 unspecified atom stereocenters. The summed E-state index contributed by atoms with van der Waals surface area (Å²) in [5.74, 6) is -1.42. The normalized spacial score (nSPS) is 14.6. The Bertz CT molecular complexity index is 946. The molecule has 1 aliphatic heterocycles. The van der Waals surface area contributed by atoms with Crippen molar-refractivity contribution >= 4 is 29.1 Å². The zero-order chi connectivity index (χ0) is 21.8. The Hall–Kier alpha value is -2.51. The molecule has 3 rings (SSSR count). The molecule has 1 heterocycles. The molecule has 0 aliphatic carbocycles. The number of halogens is 3. The third kappa shape index (κ3) is 4.96. The molecule has 0 bridgehead atoms. The summed E-state index contributed by atoms with van der Waals surface area (Å²) in [6.45, 7) is 6.86. The summed E-state index contributed by atoms with van der Waals surface area (Å²) in [5.41, 5.74) is 0.884. The molecule has 0 spiro atoms. The number of Topliss-reactive ketones (excluding diaryl/α,β-unsaturated/α-hetero) is 1. The molecular weight excluding hydrogens is 412 g/mol. The zero-order valence-electron chi connectivity index (χ0n) is 17.0. The minimum absolute atomic E-state index is 0.0706. The van der Waals surface area contributed by atoms with Gasteiger partial charge >= 0.3 is 6.03 Å². The number of amides is 2. The maximum absolute atomic E-state index is 14.6. The lowest BCUT2D eigenvalue weighted by atomic mass is 10.1. The van der Waals surface area contributed by atoms with Gasteiger partial charge in [-0.15, -0.1) is 0 Å². The van der Waals surface area contributed by atoms with Gasteiger partial charge in [0, 0.05) is 43.0 Å². The van der Waals surface area contributed by atoms with E-state index < -0.39 is 11.6 Å². The number of benzene rings is 2. The van der Waals surface area contributed by atoms with Crippen LogP contribution in [0.25, 0.3) is 0 Å². The minimum Gasteiger partial charge on any atom is -0.322 e. The summed E-state index contributed by atoms with van der Waals surface area (Å²) < 4.78 is 28.3. The van der Waals surface area contributed by atoms with E-state index in [0.29, 0.717) is 18.8 Å². The SMILES string of the molecule is CCN1CCN(C(=O)N(Cc2ccc(C(C)=O)cc2F)c2ccc(F)c(Cl)c2)CC1. The molecule has 160 valence electrons. The lowest BCUT2D eigenvalue weighted by Gasteiger charge is -2.37. The zero-order valence-corrected chi connectivity index (χ0v) is 17.8. The van der Waals surface area contributed by atoms with Crippen LogP contribution in [0.5, 0.6) is 0 Å². The largest absolute Gasteiger partial charge is 0.324 e. The predicted molar refractivity (Wildman–Crippen MR) is 113 cm³/mol. The first-order valence-corrected chi connectivity index (χ1v) is 10.2. The van der Waals surface area contributed by atoms with Gasteiger partial charge in [-0.3, -0.25) is 9.69 Å². The van der Waals surface area contributed by atoms with Gasteiger partial charge in [-0.1, -0.05) is 30.7 Å². The van der Waals surface area contributed by atoms with Gasteiger partial charge in [0.2, 0.25) is 0 Å². The molecule has 1 fully saturated rings. The molecule has 0 saturated carbocycles. The summed E-state index contributed by atoms with van der Waals surface area (Å²) in [6.07, 6.45) is 0. The average molecular weight is 436 g/mol. The molecule has 0 radical (unpaired) electrons. The van der Waals surface area contributed by atoms with Gasteiger partial charge in [0.15, 0.2) is 5.78 Å². The maximum atomic E-state index is 14.6. The first kappa shape index (κ1) is 22.2. The standard InChI is InChI=1S/C22H24ClF2N3O2/c1-3-26-8-10-27(11-9-26)22(30)28(18-6-7-20(24)19(23)13-18)14-17-5-4-16(15(2)29)12-21(17)25/h4-7,12-13H,3,8-11,14H2,1-2H3. The Morgan fingerprint density at radius 1 is 1.03 bits per heavy atom. The third-order valence-corrected chi connectivity index (χ3v) is 5.61. The molecule has 30 heavy (non-hydrogen) atoms. The fraction of sp³-hybridized carbons (Fsp3) is 0.364. The van der Waals surface area contributed by atoms with E-state index in [4.69, 9.17) is 11.6 Å². The fourth-order valence-corrected chi connectivity index (χ4v) is 3.59. The number of anilines is 1. The second kappa shape index (κ2) is 9.53. The molecule has 5 nitrogen and oxygen atoms in total. The van der Waals surface area contributed by atoms with Gasteiger partial charge in [-0.2, -0.15) is 0 Å². The van der Waals surface area contributed by atoms with Crippen LogP contribution in [0.15, 0.2) is 36.4 Å². The first-order valence-electron chi connectivity index (χ1n) is 9.83. The number of carbonyl (C=O) groups excluding carboxylic acids is 2. The number of urea groups is 1. The highest BCUT2D eigenvalue weighted by atomic mass is 35.5. The topological polar surface area (TPSA) is 43.9 Å². The predicted octanol–water partition coefficient (Wildman–Crippen LogP) is 4.58. The van der Waals surface area contributed by atoms with E-state index >= 15 is 0 Å². The van der Waals surface area contributed by atoms with E-state index in [9.17, 15) is 18.4 Å². The number of rotatable bonds is 5. The van der Waals surface area contributed by atoms with E-state index in [0.717, 1.165) is 25.7 Å². The highest BCUT2D eigenvalue weighted by Gasteiger charge is 2.27. The van der Waals surface area contributed by atoms with Crippen molar-refractivity contribution in [1.29, 1.82) is 0 Å². The number of nitrogens with zero attached hydrogens (tertiary/aromatic N) is 3. The van der Waals surface area contributed by atoms with Crippen molar-refractivity contribution in [3.05, 3.63) is 64.2 Å². The molecule has 0 aromatic heterocycles. The van der Waals surface area contributed by atoms with E-state index in [1.807, 2.05) is 0 Å². The molecule has 0 atom stereocenters. The monoisotopic (exact) mass is 435 g/mol. The molecule has 0 N–H and O–H groups in total. The summed E-state index contributed by atoms with van der Waals surface area (Å²) in [6, 6.07) is 7.87. The Kier molecular flexibility index (Phi) is 7.05. The van der Waals surface area contributed by atoms with Crippen LogP contribution in [-0.4, -0.2) is 54.3 Å². The van der Waals surface area contributed by atoms with Gasteiger partial charge < -0.3 is 9.80 Å². The third-order valence-electron chi connectivity index (χ3n) is 5.32. The van der Waals surface area contributed by atoms with Crippen LogP contribution in [0.2, 0.25) is 5.02 Å². The molecule has 1 aliphatic rings. The number of hydrogen-bond donors (Lipinski definition) is 0. The molecular formula is C22H24ClF2N3O2. The Morgan fingerprint density at radius 2 is 1.73 bits per heavy atom. The smallest absolute Gasteiger partial charge is 0.322 e. The van der Waals surface area contributed by atoms with Gasteiger partial charge in [-0.25, -0.2) is 13.6 Å². The van der Waals surface area contributed by atoms with Gasteiger partial charge in [0.1, 0.15) is 11.6 Å². The second-order valence-corrected chi connectivity index (χ2v) is 7.66. The van der Waals surface area contributed by atoms with Crippen molar-refractivity contribution < 1.29 is 18.4 Å². The highest BCUT2D eigenvalue weighted by Crippen LogP contribution is 2.26. The Labute approximate surface area is 179 Å². The Morgan fingerprint density at radius 3 is 2.30 bits per heavy atom. The van der Waals surface area contributed by atoms with Crippen molar-refractivity contribution in [1.82, 2.24) is 9.80 Å². The lowest BCUT2D eigenvalue weighted by molar-refractivity contribution is 0.101. The van der Waals surface area contributed by atoms with E-state index in [-0.39, 0.29) is 34.5 Å². The summed E-state index contributed by atoms with van der Waals surface area (Å²) in [5, 5.41) is -0.117. The quantitative estimate of drug-likeness (QED) is 0.645. The van der Waals surface area contributed by atoms with Gasteiger partial charge in [0.05, 0.1) is 11.6 Å². The second-order valence-electron chi connectivity index (χ2n) is 7.25. The van der Waals surface area contributed by atoms with Crippen LogP contribution in [0, 0.1) is 11.6 Å². The van der Waals surface area contributed by atoms with Crippen LogP contribution in [0.1, 0.15) is 29.8 Å². The molecule has 1 saturated heterocycles. The van der Waals surface area contributed by atoms with Crippen molar-refractivity contribution in [2.75, 3.05) is 37.6 Å². The summed E-state index contributed by atoms with van der Waals surface area (Å²) in [7, 11) is 0. The maximum Gasteiger partial charge on any atom is 0.324 e. The van der Waals surface area contributed by atoms with E-state index in [1.54, 1.807) is 4.90 Å². The summed E-state index contributed by atoms with van der Waals surface area (Å²) in [4.78, 5) is 30.1. The van der Waals surface area contributed by atoms with Crippen LogP contribution in [-0.2, 0) is 6.54 Å². The molecule has 2 aromatic carbocycles. The van der Waals surface area contributed by atoms with E-state index in [1.165, 1.54) is 42.2 Å².